The first kappa shape index (κ1) is 24.3. The third-order valence-electron chi connectivity index (χ3n) is 8.51. The first-order valence-corrected chi connectivity index (χ1v) is 14.9. The van der Waals surface area contributed by atoms with Gasteiger partial charge in [0.2, 0.25) is 0 Å². The molecule has 34 heavy (non-hydrogen) atoms. The van der Waals surface area contributed by atoms with E-state index in [1.54, 1.807) is 0 Å². The zero-order valence-corrected chi connectivity index (χ0v) is 22.4. The zero-order chi connectivity index (χ0) is 23.9. The second-order valence-electron chi connectivity index (χ2n) is 11.2. The number of piperidine rings is 1. The van der Waals surface area contributed by atoms with Gasteiger partial charge in [-0.25, -0.2) is 14.2 Å². The highest BCUT2D eigenvalue weighted by Crippen LogP contribution is 2.56. The number of rotatable bonds is 6. The van der Waals surface area contributed by atoms with Gasteiger partial charge in [0.1, 0.15) is 10.8 Å². The van der Waals surface area contributed by atoms with Crippen molar-refractivity contribution in [2.24, 2.45) is 10.6 Å². The molecule has 1 saturated heterocycles. The summed E-state index contributed by atoms with van der Waals surface area (Å²) in [5.41, 5.74) is 4.17. The molecule has 1 aliphatic heterocycles. The summed E-state index contributed by atoms with van der Waals surface area (Å²) in [4.78, 5) is 12.2. The van der Waals surface area contributed by atoms with Gasteiger partial charge in [-0.3, -0.25) is 5.14 Å². The van der Waals surface area contributed by atoms with Crippen molar-refractivity contribution in [3.05, 3.63) is 47.3 Å². The quantitative estimate of drug-likeness (QED) is 0.566. The summed E-state index contributed by atoms with van der Waals surface area (Å²) in [6.45, 7) is 8.18. The molecule has 1 spiro atoms. The van der Waals surface area contributed by atoms with Crippen LogP contribution in [0.15, 0.2) is 35.5 Å². The molecule has 0 radical (unpaired) electrons. The fourth-order valence-corrected chi connectivity index (χ4v) is 7.91. The van der Waals surface area contributed by atoms with Gasteiger partial charge in [-0.1, -0.05) is 37.1 Å². The molecule has 1 aromatic heterocycles. The molecule has 1 aromatic carbocycles. The fourth-order valence-electron chi connectivity index (χ4n) is 6.36. The van der Waals surface area contributed by atoms with E-state index in [1.165, 1.54) is 36.8 Å². The van der Waals surface area contributed by atoms with Crippen molar-refractivity contribution in [3.8, 4) is 0 Å². The Morgan fingerprint density at radius 3 is 2.59 bits per heavy atom. The lowest BCUT2D eigenvalue weighted by Gasteiger charge is -2.45. The lowest BCUT2D eigenvalue weighted by Crippen LogP contribution is -2.45. The molecule has 1 saturated carbocycles. The average molecular weight is 499 g/mol. The van der Waals surface area contributed by atoms with Crippen LogP contribution in [0.3, 0.4) is 0 Å². The van der Waals surface area contributed by atoms with Crippen LogP contribution in [0.25, 0.3) is 0 Å². The van der Waals surface area contributed by atoms with Crippen LogP contribution in [-0.4, -0.2) is 37.3 Å². The summed E-state index contributed by atoms with van der Waals surface area (Å²) < 4.78 is 11.9. The molecule has 184 valence electrons. The van der Waals surface area contributed by atoms with Crippen molar-refractivity contribution in [1.29, 1.82) is 0 Å². The van der Waals surface area contributed by atoms with Crippen molar-refractivity contribution in [1.82, 2.24) is 9.97 Å². The van der Waals surface area contributed by atoms with Crippen LogP contribution in [-0.2, 0) is 17.4 Å². The van der Waals surface area contributed by atoms with Gasteiger partial charge in [-0.2, -0.15) is 0 Å². The van der Waals surface area contributed by atoms with Crippen molar-refractivity contribution in [2.45, 2.75) is 93.1 Å². The monoisotopic (exact) mass is 498 g/mol. The van der Waals surface area contributed by atoms with E-state index in [4.69, 9.17) is 15.1 Å². The number of thioether (sulfide) groups is 1. The molecule has 7 heteroatoms. The van der Waals surface area contributed by atoms with Crippen molar-refractivity contribution < 1.29 is 4.21 Å². The van der Waals surface area contributed by atoms with Gasteiger partial charge in [-0.15, -0.1) is 11.8 Å². The Morgan fingerprint density at radius 1 is 1.21 bits per heavy atom. The number of hydrogen-bond donors (Lipinski definition) is 1. The molecule has 2 heterocycles. The highest BCUT2D eigenvalue weighted by molar-refractivity contribution is 7.99. The summed E-state index contributed by atoms with van der Waals surface area (Å²) in [7, 11) is -1.34. The van der Waals surface area contributed by atoms with Gasteiger partial charge in [0.25, 0.3) is 0 Å². The van der Waals surface area contributed by atoms with E-state index in [9.17, 15) is 4.21 Å². The third-order valence-corrected chi connectivity index (χ3v) is 11.2. The molecule has 3 aliphatic rings. The topological polar surface area (TPSA) is 72.1 Å². The lowest BCUT2D eigenvalue weighted by atomic mass is 9.67. The van der Waals surface area contributed by atoms with Crippen LogP contribution in [0.1, 0.15) is 81.5 Å². The molecular weight excluding hydrogens is 460 g/mol. The summed E-state index contributed by atoms with van der Waals surface area (Å²) in [6, 6.07) is 8.87. The summed E-state index contributed by atoms with van der Waals surface area (Å²) in [5, 5.41) is 7.72. The normalized spacial score (nSPS) is 23.4. The molecule has 1 unspecified atom stereocenters. The second-order valence-corrected chi connectivity index (χ2v) is 14.2. The van der Waals surface area contributed by atoms with E-state index < -0.39 is 15.7 Å². The zero-order valence-electron chi connectivity index (χ0n) is 20.8. The predicted octanol–water partition coefficient (Wildman–Crippen LogP) is 5.54. The van der Waals surface area contributed by atoms with Crippen LogP contribution in [0.5, 0.6) is 0 Å². The highest BCUT2D eigenvalue weighted by Gasteiger charge is 2.49. The van der Waals surface area contributed by atoms with Crippen LogP contribution in [0, 0.1) is 12.3 Å². The van der Waals surface area contributed by atoms with Crippen LogP contribution in [0.4, 0.5) is 5.82 Å². The average Bonchev–Trinajstić information content (AvgIpc) is 3.42. The van der Waals surface area contributed by atoms with Gasteiger partial charge in [0.15, 0.2) is 0 Å². The largest absolute Gasteiger partial charge is 0.355 e. The van der Waals surface area contributed by atoms with Gasteiger partial charge in [-0.05, 0) is 81.8 Å². The minimum Gasteiger partial charge on any atom is -0.355 e. The number of benzene rings is 1. The molecule has 5 rings (SSSR count). The number of hydrogen-bond acceptors (Lipinski definition) is 5. The van der Waals surface area contributed by atoms with Crippen LogP contribution >= 0.6 is 11.8 Å². The number of aryl methyl sites for hydroxylation is 1. The van der Waals surface area contributed by atoms with Crippen LogP contribution in [0.2, 0.25) is 0 Å². The SMILES string of the molecule is Cc1nc(N2CCC3(CC2)Cc2ccccc2[C@H]3CC(C)(C)S(N)=O)cnc1SC1CCCC1. The van der Waals surface area contributed by atoms with Gasteiger partial charge >= 0.3 is 0 Å². The first-order valence-electron chi connectivity index (χ1n) is 12.8. The molecule has 2 N–H and O–H groups in total. The Balaban J connectivity index is 1.32. The Hall–Kier alpha value is -1.44. The van der Waals surface area contributed by atoms with Gasteiger partial charge in [0, 0.05) is 18.3 Å². The van der Waals surface area contributed by atoms with E-state index in [-0.39, 0.29) is 5.41 Å². The van der Waals surface area contributed by atoms with Crippen molar-refractivity contribution in [3.63, 3.8) is 0 Å². The van der Waals surface area contributed by atoms with Gasteiger partial charge in [0.05, 0.1) is 27.6 Å². The van der Waals surface area contributed by atoms with Crippen molar-refractivity contribution in [2.75, 3.05) is 18.0 Å². The summed E-state index contributed by atoms with van der Waals surface area (Å²) in [6.07, 6.45) is 11.5. The lowest BCUT2D eigenvalue weighted by molar-refractivity contribution is 0.170. The van der Waals surface area contributed by atoms with E-state index >= 15 is 0 Å². The smallest absolute Gasteiger partial charge is 0.147 e. The molecule has 5 nitrogen and oxygen atoms in total. The Bertz CT molecular complexity index is 1060. The number of aromatic nitrogens is 2. The maximum Gasteiger partial charge on any atom is 0.147 e. The van der Waals surface area contributed by atoms with Gasteiger partial charge < -0.3 is 4.90 Å². The Labute approximate surface area is 211 Å². The standard InChI is InChI=1S/C27H38N4OS2/c1-19-25(33-21-9-5-6-10-21)29-18-24(30-19)31-14-12-27(13-15-31)16-20-8-4-7-11-22(20)23(27)17-26(2,3)34(28)32/h4,7-8,11,18,21,23H,5-6,9-10,12-17,28H2,1-3H3/t23-,34?/m1/s1. The Kier molecular flexibility index (Phi) is 6.81. The van der Waals surface area contributed by atoms with E-state index in [2.05, 4.69) is 49.9 Å². The number of nitrogens with zero attached hydrogens (tertiary/aromatic N) is 3. The first-order chi connectivity index (χ1) is 16.3. The third kappa shape index (κ3) is 4.68. The summed E-state index contributed by atoms with van der Waals surface area (Å²) in [5.74, 6) is 1.41. The molecule has 2 fully saturated rings. The van der Waals surface area contributed by atoms with E-state index in [1.807, 2.05) is 18.0 Å². The highest BCUT2D eigenvalue weighted by atomic mass is 32.2. The van der Waals surface area contributed by atoms with E-state index in [0.29, 0.717) is 11.2 Å². The minimum atomic E-state index is -1.34. The van der Waals surface area contributed by atoms with Crippen molar-refractivity contribution >= 4 is 28.6 Å². The molecule has 0 amide bonds. The molecule has 0 bridgehead atoms. The number of anilines is 1. The minimum absolute atomic E-state index is 0.206. The molecule has 2 aliphatic carbocycles. The summed E-state index contributed by atoms with van der Waals surface area (Å²) >= 11 is 1.92. The maximum absolute atomic E-state index is 12.3. The van der Waals surface area contributed by atoms with E-state index in [0.717, 1.165) is 55.3 Å². The second kappa shape index (κ2) is 9.55. The predicted molar refractivity (Wildman–Crippen MR) is 143 cm³/mol. The Morgan fingerprint density at radius 2 is 1.91 bits per heavy atom. The fraction of sp³-hybridized carbons (Fsp3) is 0.630. The van der Waals surface area contributed by atoms with Crippen LogP contribution < -0.4 is 10.0 Å². The molecule has 2 aromatic rings. The number of fused-ring (bicyclic) bond motifs is 1. The number of nitrogens with two attached hydrogens (primary N) is 1. The maximum atomic E-state index is 12.3. The molecular formula is C27H38N4OS2. The molecule has 2 atom stereocenters.